The monoisotopic (exact) mass is 244 g/mol. The zero-order chi connectivity index (χ0) is 12.8. The van der Waals surface area contributed by atoms with Gasteiger partial charge >= 0.3 is 5.97 Å². The zero-order valence-electron chi connectivity index (χ0n) is 10.3. The van der Waals surface area contributed by atoms with Crippen LogP contribution in [0, 0.1) is 0 Å². The maximum Gasteiger partial charge on any atom is 0.305 e. The summed E-state index contributed by atoms with van der Waals surface area (Å²) in [7, 11) is 0. The highest BCUT2D eigenvalue weighted by Crippen LogP contribution is 2.09. The highest BCUT2D eigenvalue weighted by Gasteiger charge is 2.29. The molecule has 1 heterocycles. The van der Waals surface area contributed by atoms with Crippen LogP contribution in [0.25, 0.3) is 0 Å². The molecule has 1 aliphatic rings. The lowest BCUT2D eigenvalue weighted by Gasteiger charge is -2.32. The van der Waals surface area contributed by atoms with Crippen molar-refractivity contribution in [2.24, 2.45) is 0 Å². The second-order valence-corrected chi connectivity index (χ2v) is 4.13. The lowest BCUT2D eigenvalue weighted by atomic mass is 10.1. The molecule has 0 aromatic rings. The second kappa shape index (κ2) is 6.56. The molecular weight excluding hydrogens is 224 g/mol. The van der Waals surface area contributed by atoms with E-state index < -0.39 is 12.1 Å². The van der Waals surface area contributed by atoms with Crippen molar-refractivity contribution < 1.29 is 19.4 Å². The Hall–Kier alpha value is -1.14. The van der Waals surface area contributed by atoms with E-state index >= 15 is 0 Å². The first-order valence-corrected chi connectivity index (χ1v) is 5.90. The topological polar surface area (TPSA) is 78.9 Å². The molecule has 0 spiro atoms. The number of likely N-dealkylation sites (N-methyl/N-ethyl adjacent to an activating group) is 1. The van der Waals surface area contributed by atoms with Gasteiger partial charge in [-0.1, -0.05) is 0 Å². The fourth-order valence-electron chi connectivity index (χ4n) is 1.96. The van der Waals surface area contributed by atoms with Gasteiger partial charge in [-0.25, -0.2) is 0 Å². The molecule has 17 heavy (non-hydrogen) atoms. The quantitative estimate of drug-likeness (QED) is 0.693. The molecule has 1 saturated heterocycles. The standard InChI is InChI=1S/C11H20N2O4/c1-3-13(8(2)6-10(14)15)11(16)9-7-12-4-5-17-9/h8-9,12H,3-7H2,1-2H3,(H,14,15). The molecule has 0 saturated carbocycles. The molecule has 1 rings (SSSR count). The van der Waals surface area contributed by atoms with Crippen LogP contribution in [0.2, 0.25) is 0 Å². The normalized spacial score (nSPS) is 21.9. The van der Waals surface area contributed by atoms with Gasteiger partial charge in [0.05, 0.1) is 13.0 Å². The molecule has 1 amide bonds. The fourth-order valence-corrected chi connectivity index (χ4v) is 1.96. The lowest BCUT2D eigenvalue weighted by molar-refractivity contribution is -0.148. The highest BCUT2D eigenvalue weighted by atomic mass is 16.5. The first-order valence-electron chi connectivity index (χ1n) is 5.90. The van der Waals surface area contributed by atoms with E-state index in [2.05, 4.69) is 5.32 Å². The molecule has 0 radical (unpaired) electrons. The van der Waals surface area contributed by atoms with Crippen molar-refractivity contribution in [3.63, 3.8) is 0 Å². The summed E-state index contributed by atoms with van der Waals surface area (Å²) in [5, 5.41) is 11.8. The Bertz CT molecular complexity index is 277. The molecule has 2 unspecified atom stereocenters. The first-order chi connectivity index (χ1) is 8.06. The number of nitrogens with zero attached hydrogens (tertiary/aromatic N) is 1. The molecule has 1 fully saturated rings. The van der Waals surface area contributed by atoms with Crippen LogP contribution in [0.4, 0.5) is 0 Å². The van der Waals surface area contributed by atoms with Crippen molar-refractivity contribution in [2.45, 2.75) is 32.4 Å². The summed E-state index contributed by atoms with van der Waals surface area (Å²) >= 11 is 0. The van der Waals surface area contributed by atoms with Crippen LogP contribution in [-0.2, 0) is 14.3 Å². The van der Waals surface area contributed by atoms with Crippen LogP contribution < -0.4 is 5.32 Å². The van der Waals surface area contributed by atoms with E-state index in [1.54, 1.807) is 11.8 Å². The van der Waals surface area contributed by atoms with Crippen molar-refractivity contribution in [2.75, 3.05) is 26.2 Å². The van der Waals surface area contributed by atoms with Crippen molar-refractivity contribution in [3.05, 3.63) is 0 Å². The number of aliphatic carboxylic acids is 1. The van der Waals surface area contributed by atoms with E-state index in [1.807, 2.05) is 6.92 Å². The van der Waals surface area contributed by atoms with E-state index in [-0.39, 0.29) is 18.4 Å². The number of hydrogen-bond donors (Lipinski definition) is 2. The van der Waals surface area contributed by atoms with Crippen LogP contribution in [-0.4, -0.2) is 60.3 Å². The van der Waals surface area contributed by atoms with Crippen LogP contribution in [0.1, 0.15) is 20.3 Å². The third-order valence-corrected chi connectivity index (χ3v) is 2.83. The van der Waals surface area contributed by atoms with E-state index in [0.29, 0.717) is 19.7 Å². The van der Waals surface area contributed by atoms with Gasteiger partial charge in [0.2, 0.25) is 0 Å². The summed E-state index contributed by atoms with van der Waals surface area (Å²) in [6.07, 6.45) is -0.528. The van der Waals surface area contributed by atoms with Gasteiger partial charge in [0.25, 0.3) is 5.91 Å². The van der Waals surface area contributed by atoms with Crippen LogP contribution in [0.5, 0.6) is 0 Å². The summed E-state index contributed by atoms with van der Waals surface area (Å²) in [6, 6.07) is -0.310. The second-order valence-electron chi connectivity index (χ2n) is 4.13. The minimum Gasteiger partial charge on any atom is -0.481 e. The molecule has 0 aromatic heterocycles. The molecular formula is C11H20N2O4. The molecule has 1 aliphatic heterocycles. The summed E-state index contributed by atoms with van der Waals surface area (Å²) < 4.78 is 5.38. The Labute approximate surface area is 101 Å². The third kappa shape index (κ3) is 3.98. The molecule has 0 aromatic carbocycles. The average molecular weight is 244 g/mol. The van der Waals surface area contributed by atoms with Gasteiger partial charge in [-0.2, -0.15) is 0 Å². The number of morpholine rings is 1. The SMILES string of the molecule is CCN(C(=O)C1CNCCO1)C(C)CC(=O)O. The van der Waals surface area contributed by atoms with Gasteiger partial charge in [0.15, 0.2) is 0 Å². The summed E-state index contributed by atoms with van der Waals surface area (Å²) in [6.45, 7) is 5.84. The van der Waals surface area contributed by atoms with E-state index in [1.165, 1.54) is 0 Å². The molecule has 0 bridgehead atoms. The Morgan fingerprint density at radius 3 is 2.76 bits per heavy atom. The van der Waals surface area contributed by atoms with Gasteiger partial charge in [-0.15, -0.1) is 0 Å². The van der Waals surface area contributed by atoms with E-state index in [9.17, 15) is 9.59 Å². The molecule has 98 valence electrons. The van der Waals surface area contributed by atoms with Crippen molar-refractivity contribution >= 4 is 11.9 Å². The summed E-state index contributed by atoms with van der Waals surface area (Å²) in [4.78, 5) is 24.3. The van der Waals surface area contributed by atoms with Crippen LogP contribution in [0.15, 0.2) is 0 Å². The summed E-state index contributed by atoms with van der Waals surface area (Å²) in [5.41, 5.74) is 0. The number of carboxylic acid groups (broad SMARTS) is 1. The van der Waals surface area contributed by atoms with Gasteiger partial charge < -0.3 is 20.1 Å². The van der Waals surface area contributed by atoms with Gasteiger partial charge in [-0.05, 0) is 13.8 Å². The minimum atomic E-state index is -0.897. The van der Waals surface area contributed by atoms with Crippen molar-refractivity contribution in [3.8, 4) is 0 Å². The highest BCUT2D eigenvalue weighted by molar-refractivity contribution is 5.82. The number of hydrogen-bond acceptors (Lipinski definition) is 4. The smallest absolute Gasteiger partial charge is 0.305 e. The van der Waals surface area contributed by atoms with E-state index in [0.717, 1.165) is 6.54 Å². The predicted octanol–water partition coefficient (Wildman–Crippen LogP) is -0.313. The Morgan fingerprint density at radius 1 is 1.59 bits per heavy atom. The van der Waals surface area contributed by atoms with Crippen molar-refractivity contribution in [1.29, 1.82) is 0 Å². The molecule has 2 atom stereocenters. The number of carboxylic acids is 1. The minimum absolute atomic E-state index is 0.0419. The molecule has 2 N–H and O–H groups in total. The summed E-state index contributed by atoms with van der Waals surface area (Å²) in [5.74, 6) is -1.03. The Kier molecular flexibility index (Phi) is 5.37. The van der Waals surface area contributed by atoms with Crippen molar-refractivity contribution in [1.82, 2.24) is 10.2 Å². The van der Waals surface area contributed by atoms with Gasteiger partial charge in [0.1, 0.15) is 6.10 Å². The third-order valence-electron chi connectivity index (χ3n) is 2.83. The van der Waals surface area contributed by atoms with Crippen LogP contribution >= 0.6 is 0 Å². The predicted molar refractivity (Wildman–Crippen MR) is 61.7 cm³/mol. The zero-order valence-corrected chi connectivity index (χ0v) is 10.3. The van der Waals surface area contributed by atoms with Crippen LogP contribution in [0.3, 0.4) is 0 Å². The Balaban J connectivity index is 2.58. The number of nitrogens with one attached hydrogen (secondary N) is 1. The van der Waals surface area contributed by atoms with Gasteiger partial charge in [0, 0.05) is 25.7 Å². The Morgan fingerprint density at radius 2 is 2.29 bits per heavy atom. The first kappa shape index (κ1) is 13.9. The number of ether oxygens (including phenoxy) is 1. The molecule has 6 nitrogen and oxygen atoms in total. The molecule has 0 aliphatic carbocycles. The van der Waals surface area contributed by atoms with E-state index in [4.69, 9.17) is 9.84 Å². The average Bonchev–Trinajstić information content (AvgIpc) is 2.30. The maximum absolute atomic E-state index is 12.1. The number of amides is 1. The number of carbonyl (C=O) groups is 2. The molecule has 6 heteroatoms. The maximum atomic E-state index is 12.1. The van der Waals surface area contributed by atoms with Gasteiger partial charge in [-0.3, -0.25) is 9.59 Å². The lowest BCUT2D eigenvalue weighted by Crippen LogP contribution is -2.52. The fraction of sp³-hybridized carbons (Fsp3) is 0.818. The largest absolute Gasteiger partial charge is 0.481 e. The number of rotatable bonds is 5. The number of carbonyl (C=O) groups excluding carboxylic acids is 1.